The van der Waals surface area contributed by atoms with Crippen molar-refractivity contribution in [1.29, 1.82) is 0 Å². The number of sulfonamides is 1. The lowest BCUT2D eigenvalue weighted by Gasteiger charge is -2.12. The fourth-order valence-electron chi connectivity index (χ4n) is 2.69. The molecule has 0 saturated heterocycles. The molecule has 0 fully saturated rings. The van der Waals surface area contributed by atoms with Crippen LogP contribution in [0.3, 0.4) is 0 Å². The number of primary sulfonamides is 1. The molecule has 0 unspecified atom stereocenters. The van der Waals surface area contributed by atoms with Crippen molar-refractivity contribution >= 4 is 26.7 Å². The number of nitrogens with zero attached hydrogens (tertiary/aromatic N) is 2. The van der Waals surface area contributed by atoms with Crippen LogP contribution in [0, 0.1) is 0 Å². The predicted octanol–water partition coefficient (Wildman–Crippen LogP) is 1.95. The van der Waals surface area contributed by atoms with E-state index in [9.17, 15) is 8.42 Å². The van der Waals surface area contributed by atoms with Crippen molar-refractivity contribution in [3.8, 4) is 11.5 Å². The Balaban J connectivity index is 1.75. The smallest absolute Gasteiger partial charge is 0.238 e. The van der Waals surface area contributed by atoms with E-state index in [-0.39, 0.29) is 4.90 Å². The van der Waals surface area contributed by atoms with Gasteiger partial charge in [0.1, 0.15) is 12.1 Å². The van der Waals surface area contributed by atoms with Gasteiger partial charge in [-0.3, -0.25) is 0 Å². The third-order valence-electron chi connectivity index (χ3n) is 4.10. The highest BCUT2D eigenvalue weighted by atomic mass is 32.2. The van der Waals surface area contributed by atoms with E-state index in [0.717, 1.165) is 16.5 Å². The van der Waals surface area contributed by atoms with Gasteiger partial charge in [-0.1, -0.05) is 12.1 Å². The molecular weight excluding hydrogens is 368 g/mol. The zero-order chi connectivity index (χ0) is 19.4. The van der Waals surface area contributed by atoms with E-state index in [4.69, 9.17) is 14.6 Å². The third kappa shape index (κ3) is 4.26. The lowest BCUT2D eigenvalue weighted by molar-refractivity contribution is 0.356. The average molecular weight is 388 g/mol. The van der Waals surface area contributed by atoms with Crippen molar-refractivity contribution in [2.75, 3.05) is 26.1 Å². The predicted molar refractivity (Wildman–Crippen MR) is 103 cm³/mol. The van der Waals surface area contributed by atoms with E-state index in [1.165, 1.54) is 18.5 Å². The van der Waals surface area contributed by atoms with Crippen molar-refractivity contribution in [3.63, 3.8) is 0 Å². The number of nitrogens with one attached hydrogen (secondary N) is 1. The van der Waals surface area contributed by atoms with Crippen LogP contribution in [0.2, 0.25) is 0 Å². The van der Waals surface area contributed by atoms with Crippen LogP contribution in [0.25, 0.3) is 10.9 Å². The Morgan fingerprint density at radius 1 is 1.04 bits per heavy atom. The Bertz CT molecular complexity index is 1050. The van der Waals surface area contributed by atoms with E-state index in [1.807, 2.05) is 6.07 Å². The molecule has 1 aromatic heterocycles. The highest BCUT2D eigenvalue weighted by Crippen LogP contribution is 2.33. The molecule has 0 aliphatic carbocycles. The minimum Gasteiger partial charge on any atom is -0.493 e. The highest BCUT2D eigenvalue weighted by molar-refractivity contribution is 7.89. The Morgan fingerprint density at radius 2 is 1.70 bits per heavy atom. The first kappa shape index (κ1) is 18.9. The fourth-order valence-corrected chi connectivity index (χ4v) is 3.21. The molecule has 2 aromatic carbocycles. The van der Waals surface area contributed by atoms with E-state index in [2.05, 4.69) is 15.3 Å². The van der Waals surface area contributed by atoms with Crippen molar-refractivity contribution in [2.24, 2.45) is 5.14 Å². The van der Waals surface area contributed by atoms with Gasteiger partial charge in [0, 0.05) is 18.0 Å². The molecule has 8 nitrogen and oxygen atoms in total. The summed E-state index contributed by atoms with van der Waals surface area (Å²) in [6.07, 6.45) is 2.17. The molecule has 0 radical (unpaired) electrons. The van der Waals surface area contributed by atoms with Crippen molar-refractivity contribution in [2.45, 2.75) is 11.3 Å². The average Bonchev–Trinajstić information content (AvgIpc) is 2.66. The standard InChI is InChI=1S/C18H20N4O4S/c1-25-16-9-14-15(10-17(16)26-2)21-11-22-18(14)20-8-7-12-3-5-13(6-4-12)27(19,23)24/h3-6,9-11H,7-8H2,1-2H3,(H2,19,23,24)(H,20,21,22). The Morgan fingerprint density at radius 3 is 2.33 bits per heavy atom. The number of nitrogens with two attached hydrogens (primary N) is 1. The van der Waals surface area contributed by atoms with Gasteiger partial charge in [-0.25, -0.2) is 23.5 Å². The molecule has 1 heterocycles. The van der Waals surface area contributed by atoms with Crippen LogP contribution >= 0.6 is 0 Å². The Kier molecular flexibility index (Phi) is 5.43. The molecule has 0 aliphatic heterocycles. The van der Waals surface area contributed by atoms with Gasteiger partial charge in [0.15, 0.2) is 11.5 Å². The molecule has 0 saturated carbocycles. The van der Waals surface area contributed by atoms with Crippen LogP contribution in [-0.4, -0.2) is 39.2 Å². The molecule has 142 valence electrons. The van der Waals surface area contributed by atoms with Gasteiger partial charge in [-0.05, 0) is 30.2 Å². The first-order valence-electron chi connectivity index (χ1n) is 8.14. The summed E-state index contributed by atoms with van der Waals surface area (Å²) in [5.41, 5.74) is 1.72. The highest BCUT2D eigenvalue weighted by Gasteiger charge is 2.11. The summed E-state index contributed by atoms with van der Waals surface area (Å²) in [7, 11) is -0.525. The molecule has 0 amide bonds. The monoisotopic (exact) mass is 388 g/mol. The summed E-state index contributed by atoms with van der Waals surface area (Å²) < 4.78 is 33.2. The van der Waals surface area contributed by atoms with Gasteiger partial charge in [0.05, 0.1) is 24.6 Å². The van der Waals surface area contributed by atoms with Gasteiger partial charge >= 0.3 is 0 Å². The van der Waals surface area contributed by atoms with Gasteiger partial charge in [0.25, 0.3) is 0 Å². The summed E-state index contributed by atoms with van der Waals surface area (Å²) in [6, 6.07) is 10.1. The van der Waals surface area contributed by atoms with Crippen molar-refractivity contribution in [1.82, 2.24) is 9.97 Å². The lowest BCUT2D eigenvalue weighted by Crippen LogP contribution is -2.12. The largest absolute Gasteiger partial charge is 0.493 e. The number of aromatic nitrogens is 2. The molecule has 9 heteroatoms. The second kappa shape index (κ2) is 7.77. The number of rotatable bonds is 7. The van der Waals surface area contributed by atoms with E-state index in [0.29, 0.717) is 30.3 Å². The quantitative estimate of drug-likeness (QED) is 0.635. The number of benzene rings is 2. The molecule has 0 aliphatic rings. The number of ether oxygens (including phenoxy) is 2. The number of anilines is 1. The number of fused-ring (bicyclic) bond motifs is 1. The first-order valence-corrected chi connectivity index (χ1v) is 9.69. The topological polar surface area (TPSA) is 116 Å². The maximum Gasteiger partial charge on any atom is 0.238 e. The summed E-state index contributed by atoms with van der Waals surface area (Å²) in [5.74, 6) is 1.88. The van der Waals surface area contributed by atoms with Crippen LogP contribution < -0.4 is 19.9 Å². The SMILES string of the molecule is COc1cc2ncnc(NCCc3ccc(S(N)(=O)=O)cc3)c2cc1OC. The molecule has 3 aromatic rings. The second-order valence-corrected chi connectivity index (χ2v) is 7.37. The van der Waals surface area contributed by atoms with Crippen LogP contribution in [-0.2, 0) is 16.4 Å². The lowest BCUT2D eigenvalue weighted by atomic mass is 10.1. The minimum absolute atomic E-state index is 0.0991. The van der Waals surface area contributed by atoms with Gasteiger partial charge in [0.2, 0.25) is 10.0 Å². The normalized spacial score (nSPS) is 11.4. The van der Waals surface area contributed by atoms with Gasteiger partial charge in [-0.2, -0.15) is 0 Å². The van der Waals surface area contributed by atoms with Gasteiger partial charge in [-0.15, -0.1) is 0 Å². The molecule has 3 N–H and O–H groups in total. The van der Waals surface area contributed by atoms with Crippen LogP contribution in [0.4, 0.5) is 5.82 Å². The van der Waals surface area contributed by atoms with E-state index in [1.54, 1.807) is 32.4 Å². The fraction of sp³-hybridized carbons (Fsp3) is 0.222. The Labute approximate surface area is 157 Å². The zero-order valence-electron chi connectivity index (χ0n) is 15.0. The maximum absolute atomic E-state index is 11.3. The first-order chi connectivity index (χ1) is 12.9. The second-order valence-electron chi connectivity index (χ2n) is 5.81. The van der Waals surface area contributed by atoms with Crippen molar-refractivity contribution < 1.29 is 17.9 Å². The summed E-state index contributed by atoms with van der Waals surface area (Å²) >= 11 is 0. The van der Waals surface area contributed by atoms with Crippen molar-refractivity contribution in [3.05, 3.63) is 48.3 Å². The minimum atomic E-state index is -3.67. The van der Waals surface area contributed by atoms with Crippen LogP contribution in [0.15, 0.2) is 47.6 Å². The summed E-state index contributed by atoms with van der Waals surface area (Å²) in [5, 5.41) is 9.21. The zero-order valence-corrected chi connectivity index (χ0v) is 15.8. The van der Waals surface area contributed by atoms with E-state index >= 15 is 0 Å². The molecule has 0 bridgehead atoms. The summed E-state index contributed by atoms with van der Waals surface area (Å²) in [4.78, 5) is 8.67. The third-order valence-corrected chi connectivity index (χ3v) is 5.03. The molecule has 27 heavy (non-hydrogen) atoms. The van der Waals surface area contributed by atoms with Crippen LogP contribution in [0.1, 0.15) is 5.56 Å². The van der Waals surface area contributed by atoms with Crippen LogP contribution in [0.5, 0.6) is 11.5 Å². The van der Waals surface area contributed by atoms with E-state index < -0.39 is 10.0 Å². The number of hydrogen-bond donors (Lipinski definition) is 2. The number of hydrogen-bond acceptors (Lipinski definition) is 7. The molecular formula is C18H20N4O4S. The maximum atomic E-state index is 11.3. The van der Waals surface area contributed by atoms with Gasteiger partial charge < -0.3 is 14.8 Å². The molecule has 0 atom stereocenters. The Hall–Kier alpha value is -2.91. The number of methoxy groups -OCH3 is 2. The summed E-state index contributed by atoms with van der Waals surface area (Å²) in [6.45, 7) is 0.606. The molecule has 3 rings (SSSR count). The molecule has 0 spiro atoms.